The van der Waals surface area contributed by atoms with Crippen LogP contribution in [0.5, 0.6) is 0 Å². The summed E-state index contributed by atoms with van der Waals surface area (Å²) in [5.74, 6) is -1.05. The fourth-order valence-electron chi connectivity index (χ4n) is 2.92. The third-order valence-electron chi connectivity index (χ3n) is 4.23. The van der Waals surface area contributed by atoms with Gasteiger partial charge in [-0.15, -0.1) is 11.3 Å². The fourth-order valence-corrected chi connectivity index (χ4v) is 3.57. The maximum Gasteiger partial charge on any atom is 0.338 e. The summed E-state index contributed by atoms with van der Waals surface area (Å²) in [6, 6.07) is 7.71. The predicted octanol–water partition coefficient (Wildman–Crippen LogP) is 3.69. The predicted molar refractivity (Wildman–Crippen MR) is 98.1 cm³/mol. The highest BCUT2D eigenvalue weighted by Gasteiger charge is 2.24. The number of hydrogen-bond acceptors (Lipinski definition) is 7. The number of carbonyl (C=O) groups is 2. The number of esters is 1. The van der Waals surface area contributed by atoms with Gasteiger partial charge >= 0.3 is 5.97 Å². The molecule has 7 nitrogen and oxygen atoms in total. The second-order valence-corrected chi connectivity index (χ2v) is 6.93. The molecule has 0 atom stereocenters. The number of rotatable bonds is 6. The van der Waals surface area contributed by atoms with E-state index >= 15 is 0 Å². The first-order valence-corrected chi connectivity index (χ1v) is 9.21. The van der Waals surface area contributed by atoms with Crippen LogP contribution in [0.3, 0.4) is 0 Å². The molecule has 0 amide bonds. The second kappa shape index (κ2) is 8.09. The Morgan fingerprint density at radius 1 is 1.19 bits per heavy atom. The maximum absolute atomic E-state index is 12.2. The van der Waals surface area contributed by atoms with Gasteiger partial charge in [0.1, 0.15) is 5.69 Å². The number of piperidine rings is 1. The Morgan fingerprint density at radius 3 is 2.62 bits per heavy atom. The summed E-state index contributed by atoms with van der Waals surface area (Å²) in [5, 5.41) is 13.2. The molecule has 0 unspecified atom stereocenters. The van der Waals surface area contributed by atoms with E-state index in [9.17, 15) is 19.7 Å². The van der Waals surface area contributed by atoms with Crippen LogP contribution in [0.4, 0.5) is 11.4 Å². The summed E-state index contributed by atoms with van der Waals surface area (Å²) in [6.07, 6.45) is 3.10. The van der Waals surface area contributed by atoms with E-state index in [1.54, 1.807) is 23.6 Å². The van der Waals surface area contributed by atoms with Crippen molar-refractivity contribution in [3.05, 3.63) is 56.3 Å². The van der Waals surface area contributed by atoms with Crippen LogP contribution in [0.15, 0.2) is 35.7 Å². The van der Waals surface area contributed by atoms with Crippen LogP contribution in [-0.2, 0) is 4.74 Å². The Balaban J connectivity index is 1.73. The zero-order valence-electron chi connectivity index (χ0n) is 14.1. The summed E-state index contributed by atoms with van der Waals surface area (Å²) in [6.45, 7) is 1.14. The van der Waals surface area contributed by atoms with Gasteiger partial charge in [0.2, 0.25) is 5.78 Å². The Hall–Kier alpha value is -2.74. The van der Waals surface area contributed by atoms with E-state index in [4.69, 9.17) is 4.74 Å². The van der Waals surface area contributed by atoms with E-state index in [1.807, 2.05) is 4.90 Å². The van der Waals surface area contributed by atoms with Crippen LogP contribution in [0.25, 0.3) is 0 Å². The number of nitro groups is 1. The third-order valence-corrected chi connectivity index (χ3v) is 5.15. The summed E-state index contributed by atoms with van der Waals surface area (Å²) >= 11 is 1.27. The molecular formula is C18H18N2O5S. The van der Waals surface area contributed by atoms with Crippen molar-refractivity contribution in [3.8, 4) is 0 Å². The first-order chi connectivity index (χ1) is 12.6. The second-order valence-electron chi connectivity index (χ2n) is 5.98. The molecule has 8 heteroatoms. The van der Waals surface area contributed by atoms with Gasteiger partial charge in [-0.05, 0) is 42.8 Å². The monoisotopic (exact) mass is 374 g/mol. The Kier molecular flexibility index (Phi) is 5.62. The average molecular weight is 374 g/mol. The number of nitrogens with zero attached hydrogens (tertiary/aromatic N) is 2. The van der Waals surface area contributed by atoms with Gasteiger partial charge in [-0.3, -0.25) is 14.9 Å². The van der Waals surface area contributed by atoms with Crippen molar-refractivity contribution in [2.45, 2.75) is 19.3 Å². The van der Waals surface area contributed by atoms with Gasteiger partial charge in [0.25, 0.3) is 5.69 Å². The zero-order chi connectivity index (χ0) is 18.5. The molecule has 1 aliphatic heterocycles. The molecule has 0 radical (unpaired) electrons. The van der Waals surface area contributed by atoms with E-state index in [1.165, 1.54) is 23.5 Å². The largest absolute Gasteiger partial charge is 0.454 e. The minimum atomic E-state index is -0.747. The SMILES string of the molecule is O=C(OCC(=O)c1cccs1)c1ccc(N2CCCCC2)c([N+](=O)[O-])c1. The molecule has 1 fully saturated rings. The molecule has 1 saturated heterocycles. The molecule has 0 N–H and O–H groups in total. The van der Waals surface area contributed by atoms with E-state index in [0.29, 0.717) is 10.6 Å². The summed E-state index contributed by atoms with van der Waals surface area (Å²) in [5.41, 5.74) is 0.461. The Bertz CT molecular complexity index is 813. The number of nitro benzene ring substituents is 1. The first kappa shape index (κ1) is 18.1. The van der Waals surface area contributed by atoms with Gasteiger partial charge < -0.3 is 9.64 Å². The minimum absolute atomic E-state index is 0.0661. The zero-order valence-corrected chi connectivity index (χ0v) is 14.9. The molecule has 0 aliphatic carbocycles. The number of hydrogen-bond donors (Lipinski definition) is 0. The molecule has 0 bridgehead atoms. The molecule has 0 spiro atoms. The third kappa shape index (κ3) is 4.08. The fraction of sp³-hybridized carbons (Fsp3) is 0.333. The highest BCUT2D eigenvalue weighted by Crippen LogP contribution is 2.31. The molecule has 0 saturated carbocycles. The first-order valence-electron chi connectivity index (χ1n) is 8.33. The van der Waals surface area contributed by atoms with Crippen LogP contribution >= 0.6 is 11.3 Å². The molecule has 3 rings (SSSR count). The Labute approximate surface area is 154 Å². The molecule has 1 aromatic heterocycles. The van der Waals surface area contributed by atoms with Gasteiger partial charge in [-0.1, -0.05) is 6.07 Å². The van der Waals surface area contributed by atoms with E-state index < -0.39 is 10.9 Å². The number of ketones is 1. The van der Waals surface area contributed by atoms with E-state index in [-0.39, 0.29) is 23.6 Å². The lowest BCUT2D eigenvalue weighted by molar-refractivity contribution is -0.384. The molecule has 26 heavy (non-hydrogen) atoms. The molecule has 2 heterocycles. The number of Topliss-reactive ketones (excluding diaryl/α,β-unsaturated/α-hetero) is 1. The van der Waals surface area contributed by atoms with Crippen LogP contribution in [0.1, 0.15) is 39.3 Å². The van der Waals surface area contributed by atoms with Gasteiger partial charge in [0.15, 0.2) is 6.61 Å². The number of benzene rings is 1. The van der Waals surface area contributed by atoms with Crippen molar-refractivity contribution in [1.82, 2.24) is 0 Å². The van der Waals surface area contributed by atoms with Gasteiger partial charge in [0.05, 0.1) is 15.4 Å². The number of thiophene rings is 1. The van der Waals surface area contributed by atoms with Crippen molar-refractivity contribution in [2.75, 3.05) is 24.6 Å². The van der Waals surface area contributed by atoms with Gasteiger partial charge in [-0.2, -0.15) is 0 Å². The highest BCUT2D eigenvalue weighted by atomic mass is 32.1. The molecule has 136 valence electrons. The Morgan fingerprint density at radius 2 is 1.96 bits per heavy atom. The van der Waals surface area contributed by atoms with E-state index in [0.717, 1.165) is 32.4 Å². The number of anilines is 1. The van der Waals surface area contributed by atoms with Crippen molar-refractivity contribution < 1.29 is 19.2 Å². The minimum Gasteiger partial charge on any atom is -0.454 e. The lowest BCUT2D eigenvalue weighted by Gasteiger charge is -2.28. The summed E-state index contributed by atoms with van der Waals surface area (Å²) in [4.78, 5) is 37.5. The van der Waals surface area contributed by atoms with Crippen molar-refractivity contribution >= 4 is 34.5 Å². The quantitative estimate of drug-likeness (QED) is 0.332. The maximum atomic E-state index is 12.2. The molecule has 1 aliphatic rings. The topological polar surface area (TPSA) is 89.8 Å². The lowest BCUT2D eigenvalue weighted by Crippen LogP contribution is -2.30. The number of carbonyl (C=O) groups excluding carboxylic acids is 2. The molecule has 2 aromatic rings. The van der Waals surface area contributed by atoms with Gasteiger partial charge in [-0.25, -0.2) is 4.79 Å². The van der Waals surface area contributed by atoms with Crippen LogP contribution in [0, 0.1) is 10.1 Å². The van der Waals surface area contributed by atoms with E-state index in [2.05, 4.69) is 0 Å². The summed E-state index contributed by atoms with van der Waals surface area (Å²) < 4.78 is 5.02. The van der Waals surface area contributed by atoms with Crippen molar-refractivity contribution in [1.29, 1.82) is 0 Å². The lowest BCUT2D eigenvalue weighted by atomic mass is 10.1. The van der Waals surface area contributed by atoms with Crippen molar-refractivity contribution in [2.24, 2.45) is 0 Å². The number of ether oxygens (including phenoxy) is 1. The normalized spacial score (nSPS) is 14.1. The molecular weight excluding hydrogens is 356 g/mol. The molecule has 1 aromatic carbocycles. The van der Waals surface area contributed by atoms with Crippen LogP contribution in [0.2, 0.25) is 0 Å². The highest BCUT2D eigenvalue weighted by molar-refractivity contribution is 7.12. The van der Waals surface area contributed by atoms with Crippen LogP contribution in [-0.4, -0.2) is 36.4 Å². The average Bonchev–Trinajstić information content (AvgIpc) is 3.21. The smallest absolute Gasteiger partial charge is 0.338 e. The summed E-state index contributed by atoms with van der Waals surface area (Å²) in [7, 11) is 0. The van der Waals surface area contributed by atoms with Gasteiger partial charge in [0, 0.05) is 19.2 Å². The standard InChI is InChI=1S/C18H18N2O5S/c21-16(17-5-4-10-26-17)12-25-18(22)13-6-7-14(15(11-13)20(23)24)19-8-2-1-3-9-19/h4-7,10-11H,1-3,8-9,12H2. The van der Waals surface area contributed by atoms with Crippen molar-refractivity contribution in [3.63, 3.8) is 0 Å². The van der Waals surface area contributed by atoms with Crippen LogP contribution < -0.4 is 4.90 Å².